The van der Waals surface area contributed by atoms with Gasteiger partial charge in [0.05, 0.1) is 0 Å². The predicted molar refractivity (Wildman–Crippen MR) is 96.4 cm³/mol. The molecule has 7 heteroatoms. The van der Waals surface area contributed by atoms with Crippen LogP contribution < -0.4 is 16.0 Å². The van der Waals surface area contributed by atoms with Gasteiger partial charge in [-0.2, -0.15) is 0 Å². The van der Waals surface area contributed by atoms with Crippen LogP contribution in [-0.4, -0.2) is 43.3 Å². The molecule has 1 amide bonds. The number of nitrogens with one attached hydrogen (secondary N) is 3. The number of carbonyl (C=O) groups excluding carboxylic acids is 1. The van der Waals surface area contributed by atoms with E-state index in [2.05, 4.69) is 27.9 Å². The largest absolute Gasteiger partial charge is 0.444 e. The lowest BCUT2D eigenvalue weighted by Crippen LogP contribution is -2.49. The van der Waals surface area contributed by atoms with E-state index < -0.39 is 5.60 Å². The SMILES string of the molecule is CCCC(CNC1=NCCCN1)NC(=O)OC(C)(C)C.I. The van der Waals surface area contributed by atoms with Gasteiger partial charge in [-0.15, -0.1) is 24.0 Å². The molecule has 0 bridgehead atoms. The van der Waals surface area contributed by atoms with Gasteiger partial charge in [-0.25, -0.2) is 4.79 Å². The van der Waals surface area contributed by atoms with Crippen LogP contribution in [0.3, 0.4) is 0 Å². The van der Waals surface area contributed by atoms with Crippen LogP contribution in [0.1, 0.15) is 47.0 Å². The minimum Gasteiger partial charge on any atom is -0.444 e. The summed E-state index contributed by atoms with van der Waals surface area (Å²) in [5, 5.41) is 9.35. The Balaban J connectivity index is 0.00000400. The van der Waals surface area contributed by atoms with E-state index in [9.17, 15) is 4.79 Å². The molecule has 21 heavy (non-hydrogen) atoms. The highest BCUT2D eigenvalue weighted by Crippen LogP contribution is 2.07. The van der Waals surface area contributed by atoms with Crippen molar-refractivity contribution in [2.45, 2.75) is 58.6 Å². The third-order valence-electron chi connectivity index (χ3n) is 2.77. The van der Waals surface area contributed by atoms with Crippen molar-refractivity contribution in [3.63, 3.8) is 0 Å². The van der Waals surface area contributed by atoms with Gasteiger partial charge in [-0.1, -0.05) is 13.3 Å². The lowest BCUT2D eigenvalue weighted by atomic mass is 10.1. The molecule has 124 valence electrons. The number of halogens is 1. The van der Waals surface area contributed by atoms with Gasteiger partial charge in [-0.3, -0.25) is 4.99 Å². The third-order valence-corrected chi connectivity index (χ3v) is 2.77. The number of rotatable bonds is 5. The number of amides is 1. The highest BCUT2D eigenvalue weighted by Gasteiger charge is 2.19. The summed E-state index contributed by atoms with van der Waals surface area (Å²) in [6.07, 6.45) is 2.61. The number of hydrogen-bond acceptors (Lipinski definition) is 5. The Morgan fingerprint density at radius 3 is 2.71 bits per heavy atom. The molecule has 1 aliphatic rings. The topological polar surface area (TPSA) is 74.8 Å². The molecule has 0 fully saturated rings. The van der Waals surface area contributed by atoms with Gasteiger partial charge < -0.3 is 20.7 Å². The molecule has 0 aromatic carbocycles. The first-order valence-electron chi connectivity index (χ1n) is 7.42. The van der Waals surface area contributed by atoms with Gasteiger partial charge in [0.1, 0.15) is 5.60 Å². The maximum atomic E-state index is 11.8. The van der Waals surface area contributed by atoms with Crippen LogP contribution in [0.15, 0.2) is 4.99 Å². The maximum Gasteiger partial charge on any atom is 0.407 e. The Hall–Kier alpha value is -0.730. The minimum absolute atomic E-state index is 0. The van der Waals surface area contributed by atoms with Gasteiger partial charge in [0.2, 0.25) is 0 Å². The fourth-order valence-electron chi connectivity index (χ4n) is 1.92. The lowest BCUT2D eigenvalue weighted by Gasteiger charge is -2.24. The summed E-state index contributed by atoms with van der Waals surface area (Å²) in [4.78, 5) is 16.1. The van der Waals surface area contributed by atoms with Crippen molar-refractivity contribution in [1.29, 1.82) is 0 Å². The smallest absolute Gasteiger partial charge is 0.407 e. The van der Waals surface area contributed by atoms with E-state index in [1.54, 1.807) is 0 Å². The first-order chi connectivity index (χ1) is 9.40. The predicted octanol–water partition coefficient (Wildman–Crippen LogP) is 2.24. The summed E-state index contributed by atoms with van der Waals surface area (Å²) in [7, 11) is 0. The van der Waals surface area contributed by atoms with E-state index >= 15 is 0 Å². The second-order valence-electron chi connectivity index (χ2n) is 6.02. The van der Waals surface area contributed by atoms with Crippen LogP contribution in [-0.2, 0) is 4.74 Å². The number of aliphatic imine (C=N–C) groups is 1. The van der Waals surface area contributed by atoms with Gasteiger partial charge in [0.25, 0.3) is 0 Å². The molecule has 0 radical (unpaired) electrons. The zero-order chi connectivity index (χ0) is 15.0. The van der Waals surface area contributed by atoms with Crippen molar-refractivity contribution in [1.82, 2.24) is 16.0 Å². The first-order valence-corrected chi connectivity index (χ1v) is 7.42. The van der Waals surface area contributed by atoms with E-state index in [1.807, 2.05) is 20.8 Å². The summed E-state index contributed by atoms with van der Waals surface area (Å²) in [6, 6.07) is 0.0428. The second-order valence-corrected chi connectivity index (χ2v) is 6.02. The maximum absolute atomic E-state index is 11.8. The Morgan fingerprint density at radius 1 is 1.48 bits per heavy atom. The highest BCUT2D eigenvalue weighted by molar-refractivity contribution is 14.0. The molecule has 1 rings (SSSR count). The summed E-state index contributed by atoms with van der Waals surface area (Å²) in [5.41, 5.74) is -0.469. The zero-order valence-electron chi connectivity index (χ0n) is 13.5. The van der Waals surface area contributed by atoms with Crippen molar-refractivity contribution in [2.75, 3.05) is 19.6 Å². The van der Waals surface area contributed by atoms with Crippen LogP contribution >= 0.6 is 24.0 Å². The summed E-state index contributed by atoms with van der Waals surface area (Å²) < 4.78 is 5.28. The molecule has 1 atom stereocenters. The molecule has 0 saturated heterocycles. The van der Waals surface area contributed by atoms with Crippen molar-refractivity contribution >= 4 is 36.0 Å². The fraction of sp³-hybridized carbons (Fsp3) is 0.857. The van der Waals surface area contributed by atoms with Crippen molar-refractivity contribution in [3.8, 4) is 0 Å². The Labute approximate surface area is 144 Å². The Kier molecular flexibility index (Phi) is 9.72. The van der Waals surface area contributed by atoms with Crippen LogP contribution in [0.5, 0.6) is 0 Å². The fourth-order valence-corrected chi connectivity index (χ4v) is 1.92. The average Bonchev–Trinajstić information content (AvgIpc) is 2.35. The standard InChI is InChI=1S/C14H28N4O2.HI/c1-5-7-11(18-13(19)20-14(2,3)4)10-17-12-15-8-6-9-16-12;/h11H,5-10H2,1-4H3,(H,18,19)(H2,15,16,17);1H. The summed E-state index contributed by atoms with van der Waals surface area (Å²) in [6.45, 7) is 10.1. The van der Waals surface area contributed by atoms with Gasteiger partial charge >= 0.3 is 6.09 Å². The van der Waals surface area contributed by atoms with E-state index in [4.69, 9.17) is 4.74 Å². The van der Waals surface area contributed by atoms with Crippen LogP contribution in [0, 0.1) is 0 Å². The van der Waals surface area contributed by atoms with Crippen molar-refractivity contribution in [2.24, 2.45) is 4.99 Å². The number of alkyl carbamates (subject to hydrolysis) is 1. The van der Waals surface area contributed by atoms with E-state index in [0.29, 0.717) is 6.54 Å². The Morgan fingerprint density at radius 2 is 2.19 bits per heavy atom. The summed E-state index contributed by atoms with van der Waals surface area (Å²) in [5.74, 6) is 0.823. The molecular formula is C14H29IN4O2. The van der Waals surface area contributed by atoms with Gasteiger partial charge in [0, 0.05) is 25.7 Å². The molecule has 0 spiro atoms. The van der Waals surface area contributed by atoms with E-state index in [0.717, 1.165) is 38.3 Å². The van der Waals surface area contributed by atoms with E-state index in [-0.39, 0.29) is 36.1 Å². The van der Waals surface area contributed by atoms with Crippen LogP contribution in [0.25, 0.3) is 0 Å². The second kappa shape index (κ2) is 10.1. The minimum atomic E-state index is -0.469. The van der Waals surface area contributed by atoms with Crippen LogP contribution in [0.2, 0.25) is 0 Å². The molecule has 1 unspecified atom stereocenters. The number of guanidine groups is 1. The van der Waals surface area contributed by atoms with Crippen molar-refractivity contribution in [3.05, 3.63) is 0 Å². The molecule has 0 aromatic rings. The zero-order valence-corrected chi connectivity index (χ0v) is 15.8. The molecule has 3 N–H and O–H groups in total. The highest BCUT2D eigenvalue weighted by atomic mass is 127. The molecule has 6 nitrogen and oxygen atoms in total. The molecule has 1 heterocycles. The molecule has 1 aliphatic heterocycles. The molecule has 0 aliphatic carbocycles. The molecule has 0 saturated carbocycles. The molecule has 0 aromatic heterocycles. The monoisotopic (exact) mass is 412 g/mol. The molecular weight excluding hydrogens is 383 g/mol. The first kappa shape index (κ1) is 20.3. The lowest BCUT2D eigenvalue weighted by molar-refractivity contribution is 0.0502. The quantitative estimate of drug-likeness (QED) is 0.606. The van der Waals surface area contributed by atoms with Gasteiger partial charge in [0.15, 0.2) is 5.96 Å². The number of nitrogens with zero attached hydrogens (tertiary/aromatic N) is 1. The van der Waals surface area contributed by atoms with E-state index in [1.165, 1.54) is 0 Å². The summed E-state index contributed by atoms with van der Waals surface area (Å²) >= 11 is 0. The van der Waals surface area contributed by atoms with Crippen LogP contribution in [0.4, 0.5) is 4.79 Å². The van der Waals surface area contributed by atoms with Crippen molar-refractivity contribution < 1.29 is 9.53 Å². The number of carbonyl (C=O) groups is 1. The Bertz CT molecular complexity index is 342. The van der Waals surface area contributed by atoms with Gasteiger partial charge in [-0.05, 0) is 33.6 Å². The number of hydrogen-bond donors (Lipinski definition) is 3. The number of ether oxygens (including phenoxy) is 1. The average molecular weight is 412 g/mol. The third kappa shape index (κ3) is 9.76. The normalized spacial score (nSPS) is 15.9.